The van der Waals surface area contributed by atoms with Gasteiger partial charge in [0.05, 0.1) is 17.1 Å². The maximum absolute atomic E-state index is 14.6. The minimum absolute atomic E-state index is 0.0688. The molecule has 6 aromatic rings. The van der Waals surface area contributed by atoms with Crippen molar-refractivity contribution < 1.29 is 21.9 Å². The van der Waals surface area contributed by atoms with Crippen LogP contribution in [0.2, 0.25) is 0 Å². The Morgan fingerprint density at radius 2 is 1.31 bits per heavy atom. The van der Waals surface area contributed by atoms with Gasteiger partial charge in [-0.2, -0.15) is 10.2 Å². The van der Waals surface area contributed by atoms with E-state index in [-0.39, 0.29) is 23.3 Å². The van der Waals surface area contributed by atoms with Gasteiger partial charge < -0.3 is 14.7 Å². The summed E-state index contributed by atoms with van der Waals surface area (Å²) in [6.45, 7) is 9.81. The molecule has 3 unspecified atom stereocenters. The molecule has 1 saturated carbocycles. The Kier molecular flexibility index (Phi) is 11.2. The van der Waals surface area contributed by atoms with Crippen LogP contribution in [0.4, 0.5) is 8.78 Å². The lowest BCUT2D eigenvalue weighted by molar-refractivity contribution is 0.00130. The summed E-state index contributed by atoms with van der Waals surface area (Å²) >= 11 is 0. The number of rotatable bonds is 7. The highest BCUT2D eigenvalue weighted by Crippen LogP contribution is 2.49. The van der Waals surface area contributed by atoms with Crippen molar-refractivity contribution in [1.82, 2.24) is 48.1 Å². The highest BCUT2D eigenvalue weighted by Gasteiger charge is 2.52. The Balaban J connectivity index is 0.000000162. The summed E-state index contributed by atoms with van der Waals surface area (Å²) in [7, 11) is 2.54. The largest absolute Gasteiger partial charge is 0.380 e. The van der Waals surface area contributed by atoms with Gasteiger partial charge in [0.15, 0.2) is 11.6 Å². The van der Waals surface area contributed by atoms with Crippen molar-refractivity contribution in [2.75, 3.05) is 26.7 Å². The fraction of sp³-hybridized carbons (Fsp3) is 0.474. The van der Waals surface area contributed by atoms with E-state index in [9.17, 15) is 17.2 Å². The number of H-pyrrole nitrogens is 2. The number of hydrogen-bond donors (Lipinski definition) is 2. The zero-order chi connectivity index (χ0) is 39.2. The molecule has 0 radical (unpaired) electrons. The van der Waals surface area contributed by atoms with Crippen LogP contribution in [0.1, 0.15) is 63.5 Å². The molecule has 3 fully saturated rings. The average molecular weight is 795 g/mol. The van der Waals surface area contributed by atoms with Crippen LogP contribution in [0.5, 0.6) is 0 Å². The first-order valence-corrected chi connectivity index (χ1v) is 20.9. The molecule has 3 aliphatic rings. The molecule has 1 spiro atoms. The molecule has 3 atom stereocenters. The van der Waals surface area contributed by atoms with Crippen LogP contribution in [0.15, 0.2) is 47.0 Å². The van der Waals surface area contributed by atoms with Crippen molar-refractivity contribution in [3.8, 4) is 22.8 Å². The van der Waals surface area contributed by atoms with Crippen LogP contribution in [-0.4, -0.2) is 94.9 Å². The number of aryl methyl sites for hydroxylation is 4. The summed E-state index contributed by atoms with van der Waals surface area (Å²) < 4.78 is 67.9. The van der Waals surface area contributed by atoms with E-state index < -0.39 is 22.0 Å². The van der Waals surface area contributed by atoms with Gasteiger partial charge in [0.25, 0.3) is 0 Å². The second kappa shape index (κ2) is 15.8. The first-order chi connectivity index (χ1) is 26.5. The number of benzene rings is 2. The van der Waals surface area contributed by atoms with E-state index in [0.29, 0.717) is 50.1 Å². The number of fused-ring (bicyclic) bond motifs is 2. The number of halogens is 2. The third kappa shape index (κ3) is 7.20. The van der Waals surface area contributed by atoms with Crippen LogP contribution >= 0.6 is 0 Å². The fourth-order valence-corrected chi connectivity index (χ4v) is 10.6. The zero-order valence-electron chi connectivity index (χ0n) is 32.3. The first kappa shape index (κ1) is 39.1. The number of nitrogens with zero attached hydrogens (tertiary/aromatic N) is 8. The van der Waals surface area contributed by atoms with E-state index in [0.717, 1.165) is 67.4 Å². The summed E-state index contributed by atoms with van der Waals surface area (Å²) in [4.78, 5) is 14.7. The van der Waals surface area contributed by atoms with Crippen molar-refractivity contribution in [1.29, 1.82) is 0 Å². The second-order valence-corrected chi connectivity index (χ2v) is 17.1. The smallest absolute Gasteiger partial charge is 0.182 e. The van der Waals surface area contributed by atoms with Crippen LogP contribution in [0.3, 0.4) is 0 Å². The number of piperidine rings is 1. The monoisotopic (exact) mass is 794 g/mol. The molecule has 13 nitrogen and oxygen atoms in total. The van der Waals surface area contributed by atoms with E-state index in [1.807, 2.05) is 32.0 Å². The molecule has 2 saturated heterocycles. The van der Waals surface area contributed by atoms with Gasteiger partial charge in [-0.25, -0.2) is 35.8 Å². The van der Waals surface area contributed by atoms with Crippen LogP contribution in [0.25, 0.3) is 44.6 Å². The number of methoxy groups -OCH3 is 1. The zero-order valence-corrected chi connectivity index (χ0v) is 33.9. The van der Waals surface area contributed by atoms with Crippen LogP contribution < -0.4 is 0 Å². The van der Waals surface area contributed by atoms with Crippen LogP contribution in [0, 0.1) is 25.5 Å². The number of ether oxygens (including phenoxy) is 1. The van der Waals surface area contributed by atoms with Crippen molar-refractivity contribution in [3.05, 3.63) is 59.7 Å². The van der Waals surface area contributed by atoms with Gasteiger partial charge in [-0.15, -0.1) is 0 Å². The van der Waals surface area contributed by atoms with E-state index >= 15 is 0 Å². The number of aromatic amines is 2. The van der Waals surface area contributed by atoms with Gasteiger partial charge in [0.2, 0.25) is 0 Å². The highest BCUT2D eigenvalue weighted by atomic mass is 32.2. The number of hydrogen-bond acceptors (Lipinski definition) is 7. The normalized spacial score (nSPS) is 19.3. The maximum atomic E-state index is 14.6. The summed E-state index contributed by atoms with van der Waals surface area (Å²) in [5.41, 5.74) is 3.83. The Labute approximate surface area is 324 Å². The SMILES string of the molecule is CC.COC1CCCN(S(=O)c2cc3c(-c4ncn(C)n4)c(C)cc(F)c3[nH]2)C1.Cc1cc(F)c2[nH]c(S(=O)N3CCC34CCC4)cc2c1-c1ncn(C)n1. The predicted octanol–water partition coefficient (Wildman–Crippen LogP) is 6.63. The molecular weight excluding hydrogens is 747 g/mol. The summed E-state index contributed by atoms with van der Waals surface area (Å²) in [5, 5.41) is 11.1. The van der Waals surface area contributed by atoms with Crippen LogP contribution in [-0.2, 0) is 40.8 Å². The second-order valence-electron chi connectivity index (χ2n) is 14.2. The van der Waals surface area contributed by atoms with Crippen molar-refractivity contribution in [2.24, 2.45) is 14.1 Å². The van der Waals surface area contributed by atoms with Crippen molar-refractivity contribution in [3.63, 3.8) is 0 Å². The minimum Gasteiger partial charge on any atom is -0.380 e. The average Bonchev–Trinajstić information content (AvgIpc) is 3.96. The lowest BCUT2D eigenvalue weighted by Gasteiger charge is -2.57. The Hall–Kier alpha value is -4.16. The molecule has 0 bridgehead atoms. The topological polar surface area (TPSA) is 143 Å². The quantitative estimate of drug-likeness (QED) is 0.185. The highest BCUT2D eigenvalue weighted by molar-refractivity contribution is 7.83. The molecule has 294 valence electrons. The lowest BCUT2D eigenvalue weighted by Crippen LogP contribution is -2.63. The first-order valence-electron chi connectivity index (χ1n) is 18.7. The number of nitrogens with one attached hydrogen (secondary N) is 2. The molecule has 4 aromatic heterocycles. The standard InChI is InChI=1S/C18H22FN5O2S.C18H20FN5OS.C2H6/c1-11-7-14(19)17-13(16(11)18-20-10-23(2)22-18)8-15(21-17)27(25)24-6-4-5-12(9-24)26-3;1-11-8-13(19)16-12(15(11)17-20-10-23(2)22-17)9-14(21-16)26(25)24-7-6-18(24)4-3-5-18;1-2/h7-8,10,12,21H,4-6,9H2,1-3H3;8-10,21H,3-7H2,1-2H3;1-2H3. The van der Waals surface area contributed by atoms with Gasteiger partial charge in [0, 0.05) is 68.3 Å². The molecule has 17 heteroatoms. The van der Waals surface area contributed by atoms with Crippen molar-refractivity contribution in [2.45, 2.75) is 87.9 Å². The van der Waals surface area contributed by atoms with Gasteiger partial charge >= 0.3 is 0 Å². The summed E-state index contributed by atoms with van der Waals surface area (Å²) in [6, 6.07) is 6.49. The molecule has 9 rings (SSSR count). The van der Waals surface area contributed by atoms with Gasteiger partial charge in [0.1, 0.15) is 56.3 Å². The van der Waals surface area contributed by atoms with Gasteiger partial charge in [-0.05, 0) is 87.8 Å². The molecule has 2 aromatic carbocycles. The molecule has 6 heterocycles. The lowest BCUT2D eigenvalue weighted by atomic mass is 9.70. The third-order valence-electron chi connectivity index (χ3n) is 10.8. The Bertz CT molecular complexity index is 2390. The summed E-state index contributed by atoms with van der Waals surface area (Å²) in [6.07, 6.45) is 9.69. The molecular formula is C38H48F2N10O3S2. The molecule has 2 aliphatic heterocycles. The molecule has 55 heavy (non-hydrogen) atoms. The van der Waals surface area contributed by atoms with Gasteiger partial charge in [-0.1, -0.05) is 13.8 Å². The van der Waals surface area contributed by atoms with Gasteiger partial charge in [-0.3, -0.25) is 9.36 Å². The fourth-order valence-electron chi connectivity index (χ4n) is 7.78. The predicted molar refractivity (Wildman–Crippen MR) is 210 cm³/mol. The summed E-state index contributed by atoms with van der Waals surface area (Å²) in [5.74, 6) is 0.348. The third-order valence-corrected chi connectivity index (χ3v) is 13.8. The molecule has 2 N–H and O–H groups in total. The molecule has 0 amide bonds. The van der Waals surface area contributed by atoms with E-state index in [1.165, 1.54) is 18.6 Å². The Morgan fingerprint density at radius 1 is 0.782 bits per heavy atom. The minimum atomic E-state index is -1.41. The van der Waals surface area contributed by atoms with E-state index in [4.69, 9.17) is 4.74 Å². The van der Waals surface area contributed by atoms with E-state index in [2.05, 4.69) is 34.4 Å². The maximum Gasteiger partial charge on any atom is 0.182 e. The Morgan fingerprint density at radius 3 is 1.73 bits per heavy atom. The number of aromatic nitrogens is 8. The molecule has 1 aliphatic carbocycles. The van der Waals surface area contributed by atoms with E-state index in [1.54, 1.807) is 55.4 Å². The van der Waals surface area contributed by atoms with Crippen molar-refractivity contribution >= 4 is 43.8 Å².